The van der Waals surface area contributed by atoms with E-state index in [0.717, 1.165) is 0 Å². The molecule has 0 aromatic rings. The summed E-state index contributed by atoms with van der Waals surface area (Å²) in [4.78, 5) is 10.6. The summed E-state index contributed by atoms with van der Waals surface area (Å²) in [6.07, 6.45) is -4.56. The molecule has 1 atom stereocenters. The molecule has 84 valence electrons. The van der Waals surface area contributed by atoms with Crippen molar-refractivity contribution in [2.75, 3.05) is 13.1 Å². The number of alkyl halides is 2. The van der Waals surface area contributed by atoms with Crippen LogP contribution in [0, 0.1) is 5.41 Å². The molecule has 0 aromatic heterocycles. The summed E-state index contributed by atoms with van der Waals surface area (Å²) >= 11 is 0. The van der Waals surface area contributed by atoms with E-state index in [1.54, 1.807) is 0 Å². The van der Waals surface area contributed by atoms with Crippen molar-refractivity contribution in [1.29, 1.82) is 0 Å². The van der Waals surface area contributed by atoms with Crippen LogP contribution in [0.1, 0.15) is 13.8 Å². The number of aliphatic hydroxyl groups is 1. The number of carboxylic acid groups (broad SMARTS) is 1. The molecule has 0 aliphatic heterocycles. The summed E-state index contributed by atoms with van der Waals surface area (Å²) in [7, 11) is 0. The molecular weight excluding hydrogens is 196 g/mol. The summed E-state index contributed by atoms with van der Waals surface area (Å²) in [6, 6.07) is 0. The van der Waals surface area contributed by atoms with Crippen LogP contribution in [0.25, 0.3) is 0 Å². The number of hydrogen-bond acceptors (Lipinski definition) is 3. The van der Waals surface area contributed by atoms with Crippen molar-refractivity contribution in [2.45, 2.75) is 26.4 Å². The minimum Gasteiger partial charge on any atom is -0.481 e. The second-order valence-corrected chi connectivity index (χ2v) is 3.72. The van der Waals surface area contributed by atoms with Gasteiger partial charge < -0.3 is 15.5 Å². The zero-order valence-corrected chi connectivity index (χ0v) is 8.13. The maximum Gasteiger partial charge on any atom is 0.310 e. The molecule has 14 heavy (non-hydrogen) atoms. The van der Waals surface area contributed by atoms with Gasteiger partial charge >= 0.3 is 5.97 Å². The molecule has 0 radical (unpaired) electrons. The highest BCUT2D eigenvalue weighted by Gasteiger charge is 2.27. The van der Waals surface area contributed by atoms with E-state index in [9.17, 15) is 13.6 Å². The molecule has 0 spiro atoms. The second kappa shape index (κ2) is 5.21. The molecule has 0 aromatic carbocycles. The van der Waals surface area contributed by atoms with Gasteiger partial charge in [0.05, 0.1) is 5.41 Å². The number of carboxylic acids is 1. The van der Waals surface area contributed by atoms with Crippen LogP contribution in [0.4, 0.5) is 8.78 Å². The smallest absolute Gasteiger partial charge is 0.310 e. The first kappa shape index (κ1) is 13.2. The van der Waals surface area contributed by atoms with E-state index >= 15 is 0 Å². The number of halogens is 2. The van der Waals surface area contributed by atoms with Crippen LogP contribution in [0.3, 0.4) is 0 Å². The molecule has 0 rings (SSSR count). The van der Waals surface area contributed by atoms with Crippen LogP contribution in [-0.2, 0) is 4.79 Å². The quantitative estimate of drug-likeness (QED) is 0.591. The summed E-state index contributed by atoms with van der Waals surface area (Å²) in [6.45, 7) is 2.66. The topological polar surface area (TPSA) is 69.6 Å². The Morgan fingerprint density at radius 3 is 2.36 bits per heavy atom. The normalized spacial score (nSPS) is 14.4. The molecule has 4 nitrogen and oxygen atoms in total. The zero-order valence-electron chi connectivity index (χ0n) is 8.13. The Hall–Kier alpha value is -0.750. The zero-order chi connectivity index (χ0) is 11.4. The van der Waals surface area contributed by atoms with Crippen LogP contribution in [0.5, 0.6) is 0 Å². The fourth-order valence-electron chi connectivity index (χ4n) is 0.697. The summed E-state index contributed by atoms with van der Waals surface area (Å²) in [5.74, 6) is -1.02. The van der Waals surface area contributed by atoms with Gasteiger partial charge in [0, 0.05) is 13.1 Å². The molecule has 0 heterocycles. The number of rotatable bonds is 6. The van der Waals surface area contributed by atoms with Crippen LogP contribution in [0.2, 0.25) is 0 Å². The molecule has 0 amide bonds. The van der Waals surface area contributed by atoms with Gasteiger partial charge in [0.25, 0.3) is 6.43 Å². The minimum atomic E-state index is -2.81. The largest absolute Gasteiger partial charge is 0.481 e. The summed E-state index contributed by atoms with van der Waals surface area (Å²) in [5.41, 5.74) is -1.03. The van der Waals surface area contributed by atoms with E-state index < -0.39 is 23.9 Å². The monoisotopic (exact) mass is 211 g/mol. The van der Waals surface area contributed by atoms with E-state index in [2.05, 4.69) is 5.32 Å². The van der Waals surface area contributed by atoms with Crippen molar-refractivity contribution in [3.8, 4) is 0 Å². The molecule has 0 saturated heterocycles. The Kier molecular flexibility index (Phi) is 4.93. The first-order valence-corrected chi connectivity index (χ1v) is 4.17. The number of aliphatic carboxylic acids is 1. The molecule has 0 fully saturated rings. The summed E-state index contributed by atoms with van der Waals surface area (Å²) < 4.78 is 23.6. The Labute approximate surface area is 80.9 Å². The van der Waals surface area contributed by atoms with E-state index in [0.29, 0.717) is 0 Å². The van der Waals surface area contributed by atoms with E-state index in [-0.39, 0.29) is 13.1 Å². The molecule has 0 bridgehead atoms. The predicted molar refractivity (Wildman–Crippen MR) is 46.3 cm³/mol. The van der Waals surface area contributed by atoms with Crippen LogP contribution >= 0.6 is 0 Å². The van der Waals surface area contributed by atoms with Gasteiger partial charge in [-0.25, -0.2) is 8.78 Å². The molecular formula is C8H15F2NO3. The lowest BCUT2D eigenvalue weighted by atomic mass is 9.94. The van der Waals surface area contributed by atoms with E-state index in [1.807, 2.05) is 0 Å². The average Bonchev–Trinajstić information content (AvgIpc) is 2.03. The van der Waals surface area contributed by atoms with Gasteiger partial charge in [-0.2, -0.15) is 0 Å². The highest BCUT2D eigenvalue weighted by atomic mass is 19.3. The number of nitrogens with one attached hydrogen (secondary N) is 1. The maximum absolute atomic E-state index is 11.8. The van der Waals surface area contributed by atoms with Crippen molar-refractivity contribution in [2.24, 2.45) is 5.41 Å². The lowest BCUT2D eigenvalue weighted by molar-refractivity contribution is -0.146. The Morgan fingerprint density at radius 2 is 2.00 bits per heavy atom. The number of aliphatic hydroxyl groups excluding tert-OH is 1. The molecule has 3 N–H and O–H groups in total. The van der Waals surface area contributed by atoms with Gasteiger partial charge in [0.15, 0.2) is 0 Å². The standard InChI is InChI=1S/C8H15F2NO3/c1-8(2,7(13)14)4-11-3-5(12)6(9)10/h5-6,11-12H,3-4H2,1-2H3,(H,13,14). The lowest BCUT2D eigenvalue weighted by Gasteiger charge is -2.20. The van der Waals surface area contributed by atoms with E-state index in [1.165, 1.54) is 13.8 Å². The second-order valence-electron chi connectivity index (χ2n) is 3.72. The molecule has 6 heteroatoms. The Balaban J connectivity index is 3.79. The van der Waals surface area contributed by atoms with Gasteiger partial charge in [-0.1, -0.05) is 0 Å². The fourth-order valence-corrected chi connectivity index (χ4v) is 0.697. The van der Waals surface area contributed by atoms with Gasteiger partial charge in [0.1, 0.15) is 6.10 Å². The molecule has 0 aliphatic carbocycles. The highest BCUT2D eigenvalue weighted by molar-refractivity contribution is 5.73. The van der Waals surface area contributed by atoms with Crippen molar-refractivity contribution in [3.63, 3.8) is 0 Å². The first-order valence-electron chi connectivity index (χ1n) is 4.17. The van der Waals surface area contributed by atoms with Gasteiger partial charge in [0.2, 0.25) is 0 Å². The lowest BCUT2D eigenvalue weighted by Crippen LogP contribution is -2.40. The minimum absolute atomic E-state index is 0.0338. The van der Waals surface area contributed by atoms with Crippen LogP contribution < -0.4 is 5.32 Å². The van der Waals surface area contributed by atoms with Crippen molar-refractivity contribution < 1.29 is 23.8 Å². The van der Waals surface area contributed by atoms with Crippen molar-refractivity contribution >= 4 is 5.97 Å². The average molecular weight is 211 g/mol. The third-order valence-electron chi connectivity index (χ3n) is 1.79. The molecule has 0 saturated carbocycles. The van der Waals surface area contributed by atoms with Crippen LogP contribution in [0.15, 0.2) is 0 Å². The van der Waals surface area contributed by atoms with Crippen LogP contribution in [-0.4, -0.2) is 41.8 Å². The third kappa shape index (κ3) is 4.48. The predicted octanol–water partition coefficient (Wildman–Crippen LogP) is 0.313. The SMILES string of the molecule is CC(C)(CNCC(O)C(F)F)C(=O)O. The van der Waals surface area contributed by atoms with Gasteiger partial charge in [-0.05, 0) is 13.8 Å². The fraction of sp³-hybridized carbons (Fsp3) is 0.875. The number of hydrogen-bond donors (Lipinski definition) is 3. The summed E-state index contributed by atoms with van der Waals surface area (Å²) in [5, 5.41) is 19.8. The first-order chi connectivity index (χ1) is 6.27. The Morgan fingerprint density at radius 1 is 1.50 bits per heavy atom. The number of carbonyl (C=O) groups is 1. The van der Waals surface area contributed by atoms with Crippen molar-refractivity contribution in [1.82, 2.24) is 5.32 Å². The molecule has 0 aliphatic rings. The van der Waals surface area contributed by atoms with Gasteiger partial charge in [-0.3, -0.25) is 4.79 Å². The highest BCUT2D eigenvalue weighted by Crippen LogP contribution is 2.13. The van der Waals surface area contributed by atoms with Crippen molar-refractivity contribution in [3.05, 3.63) is 0 Å². The van der Waals surface area contributed by atoms with Gasteiger partial charge in [-0.15, -0.1) is 0 Å². The Bertz CT molecular complexity index is 197. The third-order valence-corrected chi connectivity index (χ3v) is 1.79. The molecule has 1 unspecified atom stereocenters. The maximum atomic E-state index is 11.8. The van der Waals surface area contributed by atoms with E-state index in [4.69, 9.17) is 10.2 Å².